The number of nitrogens with one attached hydrogen (secondary N) is 1. The van der Waals surface area contributed by atoms with E-state index in [1.54, 1.807) is 12.1 Å². The van der Waals surface area contributed by atoms with Gasteiger partial charge in [-0.3, -0.25) is 0 Å². The van der Waals surface area contributed by atoms with Crippen LogP contribution in [0.3, 0.4) is 0 Å². The van der Waals surface area contributed by atoms with Crippen LogP contribution in [0.1, 0.15) is 19.4 Å². The molecule has 0 aliphatic rings. The number of benzene rings is 1. The van der Waals surface area contributed by atoms with Crippen LogP contribution in [0.4, 0.5) is 5.00 Å². The van der Waals surface area contributed by atoms with E-state index >= 15 is 0 Å². The summed E-state index contributed by atoms with van der Waals surface area (Å²) in [6, 6.07) is 6.38. The Labute approximate surface area is 146 Å². The molecule has 0 radical (unpaired) electrons. The third-order valence-electron chi connectivity index (χ3n) is 3.15. The summed E-state index contributed by atoms with van der Waals surface area (Å²) >= 11 is 0.844. The number of hydrogen-bond donors (Lipinski definition) is 1. The summed E-state index contributed by atoms with van der Waals surface area (Å²) < 4.78 is 49.1. The molecule has 0 amide bonds. The molecule has 2 rings (SSSR count). The molecule has 9 heteroatoms. The Bertz CT molecular complexity index is 928. The lowest BCUT2D eigenvalue weighted by Gasteiger charge is -2.09. The zero-order valence-electron chi connectivity index (χ0n) is 13.9. The first-order chi connectivity index (χ1) is 11.0. The number of aromatic nitrogens is 1. The molecule has 0 atom stereocenters. The van der Waals surface area contributed by atoms with E-state index in [0.29, 0.717) is 6.54 Å². The van der Waals surface area contributed by atoms with E-state index in [0.717, 1.165) is 23.2 Å². The SMILES string of the molecule is Cc1ccc(S(=O)(=O)c2nc(S(C)(=O)=O)sc2NCC(C)C)cc1. The Morgan fingerprint density at radius 1 is 1.12 bits per heavy atom. The van der Waals surface area contributed by atoms with E-state index < -0.39 is 19.7 Å². The highest BCUT2D eigenvalue weighted by Gasteiger charge is 2.29. The van der Waals surface area contributed by atoms with Gasteiger partial charge < -0.3 is 5.32 Å². The van der Waals surface area contributed by atoms with E-state index in [4.69, 9.17) is 0 Å². The normalized spacial score (nSPS) is 12.5. The molecule has 1 N–H and O–H groups in total. The molecule has 0 saturated carbocycles. The van der Waals surface area contributed by atoms with Gasteiger partial charge in [0.25, 0.3) is 0 Å². The van der Waals surface area contributed by atoms with Crippen molar-refractivity contribution in [3.63, 3.8) is 0 Å². The Morgan fingerprint density at radius 3 is 2.21 bits per heavy atom. The summed E-state index contributed by atoms with van der Waals surface area (Å²) in [6.07, 6.45) is 1.01. The molecule has 0 bridgehead atoms. The molecular weight excluding hydrogens is 368 g/mol. The van der Waals surface area contributed by atoms with E-state index in [1.807, 2.05) is 20.8 Å². The van der Waals surface area contributed by atoms with Gasteiger partial charge in [0, 0.05) is 12.8 Å². The summed E-state index contributed by atoms with van der Waals surface area (Å²) in [7, 11) is -7.49. The Kier molecular flexibility index (Phi) is 5.36. The highest BCUT2D eigenvalue weighted by atomic mass is 32.2. The molecular formula is C15H20N2O4S3. The van der Waals surface area contributed by atoms with Gasteiger partial charge >= 0.3 is 0 Å². The van der Waals surface area contributed by atoms with Crippen molar-refractivity contribution in [2.45, 2.75) is 35.0 Å². The first kappa shape index (κ1) is 18.9. The van der Waals surface area contributed by atoms with Crippen LogP contribution in [0.15, 0.2) is 38.5 Å². The van der Waals surface area contributed by atoms with Crippen LogP contribution in [0, 0.1) is 12.8 Å². The Hall–Kier alpha value is -1.45. The standard InChI is InChI=1S/C15H20N2O4S3/c1-10(2)9-16-13-14(17-15(22-13)23(4,18)19)24(20,21)12-7-5-11(3)6-8-12/h5-8,10,16H,9H2,1-4H3. The van der Waals surface area contributed by atoms with Gasteiger partial charge in [0.05, 0.1) is 4.90 Å². The molecule has 1 aromatic carbocycles. The van der Waals surface area contributed by atoms with Gasteiger partial charge in [0.2, 0.25) is 24.0 Å². The lowest BCUT2D eigenvalue weighted by molar-refractivity contribution is 0.590. The zero-order chi connectivity index (χ0) is 18.1. The minimum Gasteiger partial charge on any atom is -0.374 e. The fourth-order valence-electron chi connectivity index (χ4n) is 1.87. The highest BCUT2D eigenvalue weighted by molar-refractivity contribution is 7.93. The summed E-state index contributed by atoms with van der Waals surface area (Å²) in [5, 5.41) is 3.02. The first-order valence-electron chi connectivity index (χ1n) is 7.28. The molecule has 1 aromatic heterocycles. The highest BCUT2D eigenvalue weighted by Crippen LogP contribution is 2.34. The van der Waals surface area contributed by atoms with Gasteiger partial charge in [-0.15, -0.1) is 0 Å². The summed E-state index contributed by atoms with van der Waals surface area (Å²) in [4.78, 5) is 4.00. The van der Waals surface area contributed by atoms with Crippen molar-refractivity contribution in [3.05, 3.63) is 29.8 Å². The summed E-state index contributed by atoms with van der Waals surface area (Å²) in [6.45, 7) is 6.32. The van der Waals surface area contributed by atoms with Crippen LogP contribution >= 0.6 is 11.3 Å². The van der Waals surface area contributed by atoms with Crippen LogP contribution in [0.25, 0.3) is 0 Å². The molecule has 1 heterocycles. The van der Waals surface area contributed by atoms with Crippen LogP contribution < -0.4 is 5.32 Å². The molecule has 0 saturated heterocycles. The minimum atomic E-state index is -3.90. The molecule has 2 aromatic rings. The van der Waals surface area contributed by atoms with Gasteiger partial charge in [-0.1, -0.05) is 42.9 Å². The van der Waals surface area contributed by atoms with Gasteiger partial charge in [-0.05, 0) is 25.0 Å². The van der Waals surface area contributed by atoms with Crippen molar-refractivity contribution in [1.29, 1.82) is 0 Å². The second kappa shape index (κ2) is 6.81. The zero-order valence-corrected chi connectivity index (χ0v) is 16.3. The molecule has 24 heavy (non-hydrogen) atoms. The molecule has 6 nitrogen and oxygen atoms in total. The Morgan fingerprint density at radius 2 is 1.71 bits per heavy atom. The number of aryl methyl sites for hydroxylation is 1. The predicted molar refractivity (Wildman–Crippen MR) is 95.2 cm³/mol. The van der Waals surface area contributed by atoms with Crippen molar-refractivity contribution in [2.75, 3.05) is 18.1 Å². The third kappa shape index (κ3) is 4.14. The monoisotopic (exact) mass is 388 g/mol. The maximum absolute atomic E-state index is 12.9. The van der Waals surface area contributed by atoms with E-state index in [-0.39, 0.29) is 25.2 Å². The molecule has 132 valence electrons. The van der Waals surface area contributed by atoms with Crippen molar-refractivity contribution >= 4 is 36.0 Å². The number of nitrogens with zero attached hydrogens (tertiary/aromatic N) is 1. The van der Waals surface area contributed by atoms with Gasteiger partial charge in [-0.2, -0.15) is 0 Å². The van der Waals surface area contributed by atoms with Crippen molar-refractivity contribution in [3.8, 4) is 0 Å². The number of thiazole rings is 1. The summed E-state index contributed by atoms with van der Waals surface area (Å²) in [5.41, 5.74) is 0.933. The van der Waals surface area contributed by atoms with E-state index in [9.17, 15) is 16.8 Å². The number of rotatable bonds is 6. The number of sulfone groups is 2. The molecule has 0 spiro atoms. The third-order valence-corrected chi connectivity index (χ3v) is 7.67. The van der Waals surface area contributed by atoms with E-state index in [1.165, 1.54) is 12.1 Å². The maximum atomic E-state index is 12.9. The lowest BCUT2D eigenvalue weighted by atomic mass is 10.2. The molecule has 0 fully saturated rings. The van der Waals surface area contributed by atoms with Crippen LogP contribution in [0.2, 0.25) is 0 Å². The maximum Gasteiger partial charge on any atom is 0.226 e. The van der Waals surface area contributed by atoms with Crippen molar-refractivity contribution in [1.82, 2.24) is 4.98 Å². The quantitative estimate of drug-likeness (QED) is 0.818. The van der Waals surface area contributed by atoms with Gasteiger partial charge in [-0.25, -0.2) is 21.8 Å². The lowest BCUT2D eigenvalue weighted by Crippen LogP contribution is -2.11. The van der Waals surface area contributed by atoms with Crippen molar-refractivity contribution in [2.24, 2.45) is 5.92 Å². The topological polar surface area (TPSA) is 93.2 Å². The van der Waals surface area contributed by atoms with Crippen molar-refractivity contribution < 1.29 is 16.8 Å². The fourth-order valence-corrected chi connectivity index (χ4v) is 5.39. The largest absolute Gasteiger partial charge is 0.374 e. The second-order valence-electron chi connectivity index (χ2n) is 5.98. The van der Waals surface area contributed by atoms with Crippen LogP contribution in [-0.4, -0.2) is 34.6 Å². The van der Waals surface area contributed by atoms with Gasteiger partial charge in [0.15, 0.2) is 5.03 Å². The minimum absolute atomic E-state index is 0.0889. The molecule has 0 aliphatic heterocycles. The van der Waals surface area contributed by atoms with Crippen LogP contribution in [0.5, 0.6) is 0 Å². The first-order valence-corrected chi connectivity index (χ1v) is 11.5. The smallest absolute Gasteiger partial charge is 0.226 e. The Balaban J connectivity index is 2.58. The number of hydrogen-bond acceptors (Lipinski definition) is 7. The molecule has 0 unspecified atom stereocenters. The predicted octanol–water partition coefficient (Wildman–Crippen LogP) is 2.76. The fraction of sp³-hybridized carbons (Fsp3) is 0.400. The van der Waals surface area contributed by atoms with Crippen LogP contribution in [-0.2, 0) is 19.7 Å². The average molecular weight is 389 g/mol. The second-order valence-corrected chi connectivity index (χ2v) is 11.0. The molecule has 0 aliphatic carbocycles. The van der Waals surface area contributed by atoms with E-state index in [2.05, 4.69) is 10.3 Å². The summed E-state index contributed by atoms with van der Waals surface area (Å²) in [5.74, 6) is 0.267. The number of anilines is 1. The van der Waals surface area contributed by atoms with Gasteiger partial charge in [0.1, 0.15) is 5.00 Å². The average Bonchev–Trinajstić information content (AvgIpc) is 2.90.